The first-order chi connectivity index (χ1) is 6.74. The van der Waals surface area contributed by atoms with Crippen molar-refractivity contribution in [2.45, 2.75) is 32.8 Å². The lowest BCUT2D eigenvalue weighted by Crippen LogP contribution is -2.04. The van der Waals surface area contributed by atoms with Gasteiger partial charge >= 0.3 is 0 Å². The van der Waals surface area contributed by atoms with Crippen molar-refractivity contribution in [2.24, 2.45) is 5.73 Å². The molecule has 0 atom stereocenters. The molecule has 0 saturated heterocycles. The Morgan fingerprint density at radius 1 is 1.50 bits per heavy atom. The van der Waals surface area contributed by atoms with E-state index in [0.717, 1.165) is 6.42 Å². The van der Waals surface area contributed by atoms with Crippen LogP contribution in [-0.4, -0.2) is 23.3 Å². The van der Waals surface area contributed by atoms with Gasteiger partial charge in [0.15, 0.2) is 5.82 Å². The minimum absolute atomic E-state index is 0.264. The standard InChI is InChI=1S/C9H17N3O2/c1-7(2)9-11-8(12-14-9)6-13-5-3-4-10/h7H,3-6,10H2,1-2H3. The summed E-state index contributed by atoms with van der Waals surface area (Å²) in [6, 6.07) is 0. The molecule has 0 amide bonds. The van der Waals surface area contributed by atoms with Gasteiger partial charge in [0.2, 0.25) is 5.89 Å². The Morgan fingerprint density at radius 3 is 2.86 bits per heavy atom. The van der Waals surface area contributed by atoms with Crippen molar-refractivity contribution in [1.29, 1.82) is 0 Å². The molecule has 1 rings (SSSR count). The minimum Gasteiger partial charge on any atom is -0.373 e. The summed E-state index contributed by atoms with van der Waals surface area (Å²) in [4.78, 5) is 4.17. The van der Waals surface area contributed by atoms with E-state index in [1.54, 1.807) is 0 Å². The van der Waals surface area contributed by atoms with E-state index in [1.807, 2.05) is 13.8 Å². The van der Waals surface area contributed by atoms with E-state index in [9.17, 15) is 0 Å². The predicted molar refractivity (Wildman–Crippen MR) is 51.7 cm³/mol. The van der Waals surface area contributed by atoms with E-state index in [2.05, 4.69) is 10.1 Å². The van der Waals surface area contributed by atoms with Gasteiger partial charge in [-0.1, -0.05) is 19.0 Å². The highest BCUT2D eigenvalue weighted by atomic mass is 16.5. The van der Waals surface area contributed by atoms with Crippen molar-refractivity contribution in [3.05, 3.63) is 11.7 Å². The van der Waals surface area contributed by atoms with E-state index >= 15 is 0 Å². The number of rotatable bonds is 6. The number of ether oxygens (including phenoxy) is 1. The zero-order chi connectivity index (χ0) is 10.4. The summed E-state index contributed by atoms with van der Waals surface area (Å²) < 4.78 is 10.3. The van der Waals surface area contributed by atoms with Crippen LogP contribution < -0.4 is 5.73 Å². The normalized spacial score (nSPS) is 11.1. The Hall–Kier alpha value is -0.940. The van der Waals surface area contributed by atoms with Crippen LogP contribution in [0.3, 0.4) is 0 Å². The van der Waals surface area contributed by atoms with E-state index < -0.39 is 0 Å². The number of nitrogens with zero attached hydrogens (tertiary/aromatic N) is 2. The molecule has 0 unspecified atom stereocenters. The Morgan fingerprint density at radius 2 is 2.29 bits per heavy atom. The number of aromatic nitrogens is 2. The van der Waals surface area contributed by atoms with Crippen LogP contribution in [0, 0.1) is 0 Å². The lowest BCUT2D eigenvalue weighted by molar-refractivity contribution is 0.112. The van der Waals surface area contributed by atoms with Gasteiger partial charge < -0.3 is 15.0 Å². The lowest BCUT2D eigenvalue weighted by Gasteiger charge is -1.97. The van der Waals surface area contributed by atoms with Crippen molar-refractivity contribution >= 4 is 0 Å². The summed E-state index contributed by atoms with van der Waals surface area (Å²) >= 11 is 0. The van der Waals surface area contributed by atoms with Gasteiger partial charge in [0.25, 0.3) is 0 Å². The fourth-order valence-electron chi connectivity index (χ4n) is 0.909. The molecule has 14 heavy (non-hydrogen) atoms. The monoisotopic (exact) mass is 199 g/mol. The highest BCUT2D eigenvalue weighted by Gasteiger charge is 2.09. The van der Waals surface area contributed by atoms with E-state index in [-0.39, 0.29) is 5.92 Å². The molecule has 0 aliphatic carbocycles. The molecule has 1 aromatic rings. The molecule has 80 valence electrons. The molecule has 0 aromatic carbocycles. The maximum absolute atomic E-state index is 5.32. The van der Waals surface area contributed by atoms with Crippen LogP contribution in [0.4, 0.5) is 0 Å². The van der Waals surface area contributed by atoms with Gasteiger partial charge in [-0.15, -0.1) is 0 Å². The second-order valence-electron chi connectivity index (χ2n) is 3.40. The SMILES string of the molecule is CC(C)c1nc(COCCCN)no1. The van der Waals surface area contributed by atoms with Crippen molar-refractivity contribution in [3.8, 4) is 0 Å². The van der Waals surface area contributed by atoms with Gasteiger partial charge in [-0.3, -0.25) is 0 Å². The maximum atomic E-state index is 5.32. The van der Waals surface area contributed by atoms with Crippen LogP contribution in [0.15, 0.2) is 4.52 Å². The average molecular weight is 199 g/mol. The molecular formula is C9H17N3O2. The molecule has 0 fully saturated rings. The quantitative estimate of drug-likeness (QED) is 0.693. The molecular weight excluding hydrogens is 182 g/mol. The van der Waals surface area contributed by atoms with Crippen LogP contribution in [0.5, 0.6) is 0 Å². The average Bonchev–Trinajstić information content (AvgIpc) is 2.61. The summed E-state index contributed by atoms with van der Waals surface area (Å²) in [7, 11) is 0. The van der Waals surface area contributed by atoms with Gasteiger partial charge in [0, 0.05) is 12.5 Å². The molecule has 0 aliphatic heterocycles. The van der Waals surface area contributed by atoms with E-state index in [1.165, 1.54) is 0 Å². The van der Waals surface area contributed by atoms with E-state index in [4.69, 9.17) is 15.0 Å². The molecule has 1 heterocycles. The lowest BCUT2D eigenvalue weighted by atomic mass is 10.2. The van der Waals surface area contributed by atoms with Crippen molar-refractivity contribution in [2.75, 3.05) is 13.2 Å². The highest BCUT2D eigenvalue weighted by molar-refractivity contribution is 4.89. The largest absolute Gasteiger partial charge is 0.373 e. The Kier molecular flexibility index (Phi) is 4.55. The molecule has 0 radical (unpaired) electrons. The van der Waals surface area contributed by atoms with Crippen molar-refractivity contribution in [3.63, 3.8) is 0 Å². The Balaban J connectivity index is 2.29. The third kappa shape index (κ3) is 3.43. The molecule has 0 bridgehead atoms. The number of nitrogens with two attached hydrogens (primary N) is 1. The fraction of sp³-hybridized carbons (Fsp3) is 0.778. The fourth-order valence-corrected chi connectivity index (χ4v) is 0.909. The first kappa shape index (κ1) is 11.1. The van der Waals surface area contributed by atoms with Crippen LogP contribution in [0.2, 0.25) is 0 Å². The molecule has 1 aromatic heterocycles. The number of hydrogen-bond donors (Lipinski definition) is 1. The topological polar surface area (TPSA) is 74.2 Å². The first-order valence-corrected chi connectivity index (χ1v) is 4.84. The maximum Gasteiger partial charge on any atom is 0.229 e. The zero-order valence-electron chi connectivity index (χ0n) is 8.69. The third-order valence-corrected chi connectivity index (χ3v) is 1.70. The molecule has 0 spiro atoms. The van der Waals surface area contributed by atoms with Crippen molar-refractivity contribution in [1.82, 2.24) is 10.1 Å². The predicted octanol–water partition coefficient (Wildman–Crippen LogP) is 1.06. The van der Waals surface area contributed by atoms with Gasteiger partial charge in [0.1, 0.15) is 6.61 Å². The molecule has 5 heteroatoms. The van der Waals surface area contributed by atoms with Crippen LogP contribution in [0.1, 0.15) is 37.9 Å². The van der Waals surface area contributed by atoms with Crippen LogP contribution in [-0.2, 0) is 11.3 Å². The van der Waals surface area contributed by atoms with Crippen LogP contribution in [0.25, 0.3) is 0 Å². The Bertz CT molecular complexity index is 260. The first-order valence-electron chi connectivity index (χ1n) is 4.84. The second kappa shape index (κ2) is 5.72. The molecule has 5 nitrogen and oxygen atoms in total. The summed E-state index contributed by atoms with van der Waals surface area (Å²) in [6.07, 6.45) is 0.856. The zero-order valence-corrected chi connectivity index (χ0v) is 8.69. The molecule has 0 aliphatic rings. The van der Waals surface area contributed by atoms with Crippen LogP contribution >= 0.6 is 0 Å². The summed E-state index contributed by atoms with van der Waals surface area (Å²) in [6.45, 7) is 5.70. The summed E-state index contributed by atoms with van der Waals surface area (Å²) in [5, 5.41) is 3.79. The third-order valence-electron chi connectivity index (χ3n) is 1.70. The molecule has 0 saturated carbocycles. The second-order valence-corrected chi connectivity index (χ2v) is 3.40. The van der Waals surface area contributed by atoms with Gasteiger partial charge in [-0.2, -0.15) is 4.98 Å². The summed E-state index contributed by atoms with van der Waals surface area (Å²) in [5.41, 5.74) is 5.32. The molecule has 2 N–H and O–H groups in total. The highest BCUT2D eigenvalue weighted by Crippen LogP contribution is 2.10. The van der Waals surface area contributed by atoms with Gasteiger partial charge in [0.05, 0.1) is 0 Å². The van der Waals surface area contributed by atoms with Gasteiger partial charge in [-0.25, -0.2) is 0 Å². The van der Waals surface area contributed by atoms with Gasteiger partial charge in [-0.05, 0) is 13.0 Å². The van der Waals surface area contributed by atoms with E-state index in [0.29, 0.717) is 31.5 Å². The summed E-state index contributed by atoms with van der Waals surface area (Å²) in [5.74, 6) is 1.52. The van der Waals surface area contributed by atoms with Crippen molar-refractivity contribution < 1.29 is 9.26 Å². The smallest absolute Gasteiger partial charge is 0.229 e. The number of hydrogen-bond acceptors (Lipinski definition) is 5. The Labute approximate surface area is 83.6 Å². The minimum atomic E-state index is 0.264.